The molecule has 0 aliphatic carbocycles. The van der Waals surface area contributed by atoms with Crippen molar-refractivity contribution in [2.75, 3.05) is 0 Å². The Bertz CT molecular complexity index is 2810. The van der Waals surface area contributed by atoms with Gasteiger partial charge in [0.15, 0.2) is 0 Å². The molecule has 5 heterocycles. The van der Waals surface area contributed by atoms with Crippen LogP contribution in [0.25, 0.3) is 96.2 Å². The molecule has 234 valence electrons. The highest BCUT2D eigenvalue weighted by Gasteiger charge is 2.17. The molecule has 0 saturated carbocycles. The predicted octanol–water partition coefficient (Wildman–Crippen LogP) is 12.9. The Hall–Kier alpha value is -6.01. The molecule has 0 unspecified atom stereocenters. The SMILES string of the molecule is c1cncc(-c2cc(-c3cccc(-c4cccc5c4sc4c(-c6cccc7c6sc6ccccc67)cccc45)c3)cc(-c3cccnc3)n2)c1. The fourth-order valence-corrected chi connectivity index (χ4v) is 9.70. The fraction of sp³-hybridized carbons (Fsp3) is 0. The topological polar surface area (TPSA) is 38.7 Å². The van der Waals surface area contributed by atoms with Gasteiger partial charge in [-0.25, -0.2) is 4.98 Å². The molecule has 0 atom stereocenters. The van der Waals surface area contributed by atoms with E-state index in [-0.39, 0.29) is 0 Å². The minimum absolute atomic E-state index is 0.882. The minimum Gasteiger partial charge on any atom is -0.264 e. The third-order valence-corrected chi connectivity index (χ3v) is 12.0. The second-order valence-corrected chi connectivity index (χ2v) is 14.5. The maximum atomic E-state index is 5.03. The first-order valence-corrected chi connectivity index (χ1v) is 18.2. The molecule has 3 nitrogen and oxygen atoms in total. The number of thiophene rings is 2. The fourth-order valence-electron chi connectivity index (χ4n) is 7.11. The zero-order chi connectivity index (χ0) is 33.0. The second-order valence-electron chi connectivity index (χ2n) is 12.4. The maximum absolute atomic E-state index is 5.03. The van der Waals surface area contributed by atoms with E-state index in [9.17, 15) is 0 Å². The number of rotatable bonds is 5. The Morgan fingerprint density at radius 2 is 0.880 bits per heavy atom. The lowest BCUT2D eigenvalue weighted by Gasteiger charge is -2.11. The number of pyridine rings is 3. The Kier molecular flexibility index (Phi) is 6.86. The highest BCUT2D eigenvalue weighted by atomic mass is 32.1. The molecule has 5 heteroatoms. The van der Waals surface area contributed by atoms with Gasteiger partial charge >= 0.3 is 0 Å². The molecule has 10 aromatic rings. The summed E-state index contributed by atoms with van der Waals surface area (Å²) in [6.45, 7) is 0. The Morgan fingerprint density at radius 1 is 0.360 bits per heavy atom. The number of fused-ring (bicyclic) bond motifs is 6. The van der Waals surface area contributed by atoms with E-state index in [2.05, 4.69) is 137 Å². The zero-order valence-electron chi connectivity index (χ0n) is 26.7. The first kappa shape index (κ1) is 29.0. The lowest BCUT2D eigenvalue weighted by Crippen LogP contribution is -1.92. The molecule has 0 bridgehead atoms. The van der Waals surface area contributed by atoms with Crippen LogP contribution in [0.5, 0.6) is 0 Å². The van der Waals surface area contributed by atoms with Crippen molar-refractivity contribution in [1.82, 2.24) is 15.0 Å². The first-order valence-electron chi connectivity index (χ1n) is 16.6. The zero-order valence-corrected chi connectivity index (χ0v) is 28.4. The van der Waals surface area contributed by atoms with E-state index in [0.29, 0.717) is 0 Å². The van der Waals surface area contributed by atoms with Crippen molar-refractivity contribution in [3.8, 4) is 55.9 Å². The van der Waals surface area contributed by atoms with Gasteiger partial charge in [0.05, 0.1) is 11.4 Å². The van der Waals surface area contributed by atoms with E-state index in [1.54, 1.807) is 12.4 Å². The van der Waals surface area contributed by atoms with E-state index >= 15 is 0 Å². The number of aromatic nitrogens is 3. The van der Waals surface area contributed by atoms with Crippen LogP contribution in [0.1, 0.15) is 0 Å². The third kappa shape index (κ3) is 4.82. The van der Waals surface area contributed by atoms with Crippen LogP contribution in [-0.4, -0.2) is 15.0 Å². The molecule has 0 radical (unpaired) electrons. The summed E-state index contributed by atoms with van der Waals surface area (Å²) in [5, 5.41) is 5.25. The summed E-state index contributed by atoms with van der Waals surface area (Å²) < 4.78 is 5.31. The summed E-state index contributed by atoms with van der Waals surface area (Å²) in [7, 11) is 0. The van der Waals surface area contributed by atoms with Gasteiger partial charge in [-0.05, 0) is 70.8 Å². The number of hydrogen-bond donors (Lipinski definition) is 0. The maximum Gasteiger partial charge on any atom is 0.0731 e. The van der Waals surface area contributed by atoms with Crippen molar-refractivity contribution in [2.45, 2.75) is 0 Å². The third-order valence-electron chi connectivity index (χ3n) is 9.47. The van der Waals surface area contributed by atoms with Gasteiger partial charge in [-0.3, -0.25) is 9.97 Å². The number of hydrogen-bond acceptors (Lipinski definition) is 5. The van der Waals surface area contributed by atoms with Gasteiger partial charge in [0.1, 0.15) is 0 Å². The summed E-state index contributed by atoms with van der Waals surface area (Å²) >= 11 is 3.79. The molecule has 0 saturated heterocycles. The van der Waals surface area contributed by atoms with Crippen LogP contribution in [0.4, 0.5) is 0 Å². The minimum atomic E-state index is 0.882. The van der Waals surface area contributed by atoms with Crippen molar-refractivity contribution in [3.63, 3.8) is 0 Å². The molecule has 0 fully saturated rings. The summed E-state index contributed by atoms with van der Waals surface area (Å²) in [6, 6.07) is 50.3. The summed E-state index contributed by atoms with van der Waals surface area (Å²) in [5.74, 6) is 0. The van der Waals surface area contributed by atoms with E-state index in [0.717, 1.165) is 33.6 Å². The van der Waals surface area contributed by atoms with Gasteiger partial charge in [0.2, 0.25) is 0 Å². The molecule has 50 heavy (non-hydrogen) atoms. The Balaban J connectivity index is 1.13. The van der Waals surface area contributed by atoms with Gasteiger partial charge in [-0.2, -0.15) is 0 Å². The van der Waals surface area contributed by atoms with Crippen molar-refractivity contribution in [1.29, 1.82) is 0 Å². The summed E-state index contributed by atoms with van der Waals surface area (Å²) in [6.07, 6.45) is 7.32. The van der Waals surface area contributed by atoms with Gasteiger partial charge in [-0.15, -0.1) is 22.7 Å². The smallest absolute Gasteiger partial charge is 0.0731 e. The van der Waals surface area contributed by atoms with Crippen molar-refractivity contribution in [3.05, 3.63) is 164 Å². The predicted molar refractivity (Wildman–Crippen MR) is 213 cm³/mol. The molecule has 0 aliphatic rings. The molecule has 0 aliphatic heterocycles. The van der Waals surface area contributed by atoms with Crippen LogP contribution >= 0.6 is 22.7 Å². The quantitative estimate of drug-likeness (QED) is 0.182. The van der Waals surface area contributed by atoms with Gasteiger partial charge in [-0.1, -0.05) is 91.0 Å². The molecule has 5 aromatic carbocycles. The monoisotopic (exact) mass is 673 g/mol. The van der Waals surface area contributed by atoms with Gasteiger partial charge in [0.25, 0.3) is 0 Å². The Labute approximate surface area is 296 Å². The molecule has 0 N–H and O–H groups in total. The molecular formula is C45H27N3S2. The van der Waals surface area contributed by atoms with Crippen molar-refractivity contribution in [2.24, 2.45) is 0 Å². The lowest BCUT2D eigenvalue weighted by molar-refractivity contribution is 1.26. The summed E-state index contributed by atoms with van der Waals surface area (Å²) in [4.78, 5) is 13.8. The second kappa shape index (κ2) is 11.8. The highest BCUT2D eigenvalue weighted by molar-refractivity contribution is 7.27. The summed E-state index contributed by atoms with van der Waals surface area (Å²) in [5.41, 5.74) is 11.0. The number of nitrogens with zero attached hydrogens (tertiary/aromatic N) is 3. The van der Waals surface area contributed by atoms with Crippen LogP contribution in [0.2, 0.25) is 0 Å². The van der Waals surface area contributed by atoms with Crippen LogP contribution in [0.15, 0.2) is 164 Å². The van der Waals surface area contributed by atoms with E-state index < -0.39 is 0 Å². The van der Waals surface area contributed by atoms with Crippen LogP contribution in [0.3, 0.4) is 0 Å². The highest BCUT2D eigenvalue weighted by Crippen LogP contribution is 2.47. The normalized spacial score (nSPS) is 11.6. The molecule has 10 rings (SSSR count). The molecular weight excluding hydrogens is 647 g/mol. The molecule has 0 amide bonds. The van der Waals surface area contributed by atoms with Crippen molar-refractivity contribution >= 4 is 63.0 Å². The molecule has 0 spiro atoms. The van der Waals surface area contributed by atoms with E-state index in [1.165, 1.54) is 62.6 Å². The largest absolute Gasteiger partial charge is 0.264 e. The van der Waals surface area contributed by atoms with Gasteiger partial charge < -0.3 is 0 Å². The van der Waals surface area contributed by atoms with Crippen LogP contribution < -0.4 is 0 Å². The average molecular weight is 674 g/mol. The van der Waals surface area contributed by atoms with Crippen molar-refractivity contribution < 1.29 is 0 Å². The lowest BCUT2D eigenvalue weighted by atomic mass is 9.96. The molecule has 5 aromatic heterocycles. The van der Waals surface area contributed by atoms with E-state index in [1.807, 2.05) is 47.2 Å². The number of benzene rings is 5. The first-order chi connectivity index (χ1) is 24.8. The Morgan fingerprint density at radius 3 is 1.54 bits per heavy atom. The van der Waals surface area contributed by atoms with Crippen LogP contribution in [0, 0.1) is 0 Å². The standard InChI is InChI=1S/C45H27N3S2/c1-2-20-42-34(13-1)35-15-5-17-37(44(35)49-42)39-19-6-18-38-36-16-4-14-33(43(36)50-45(38)39)29-10-3-9-28(23-29)32-24-40(30-11-7-21-46-26-30)48-41(25-32)31-12-8-22-47-27-31/h1-27H. The van der Waals surface area contributed by atoms with Crippen LogP contribution in [-0.2, 0) is 0 Å². The van der Waals surface area contributed by atoms with E-state index in [4.69, 9.17) is 4.98 Å². The average Bonchev–Trinajstić information content (AvgIpc) is 3.77. The van der Waals surface area contributed by atoms with Gasteiger partial charge in [0, 0.05) is 87.4 Å².